The van der Waals surface area contributed by atoms with Crippen LogP contribution < -0.4 is 13.7 Å². The van der Waals surface area contributed by atoms with E-state index in [-0.39, 0.29) is 22.1 Å². The summed E-state index contributed by atoms with van der Waals surface area (Å²) >= 11 is 1.51. The minimum Gasteiger partial charge on any atom is -0.493 e. The largest absolute Gasteiger partial charge is 0.493 e. The van der Waals surface area contributed by atoms with Crippen LogP contribution in [0.15, 0.2) is 75.8 Å². The first kappa shape index (κ1) is 24.1. The van der Waals surface area contributed by atoms with Crippen molar-refractivity contribution in [1.82, 2.24) is 4.57 Å². The number of benzene rings is 3. The Labute approximate surface area is 204 Å². The normalized spacial score (nSPS) is 12.4. The molecule has 0 spiro atoms. The maximum absolute atomic E-state index is 12.7. The molecule has 3 aromatic carbocycles. The van der Waals surface area contributed by atoms with Crippen LogP contribution in [0.4, 0.5) is 5.69 Å². The van der Waals surface area contributed by atoms with Crippen molar-refractivity contribution in [2.75, 3.05) is 7.11 Å². The molecule has 180 valence electrons. The number of methoxy groups -OCH3 is 1. The van der Waals surface area contributed by atoms with Crippen molar-refractivity contribution in [3.8, 4) is 11.5 Å². The minimum absolute atomic E-state index is 0.0688. The van der Waals surface area contributed by atoms with E-state index in [0.29, 0.717) is 15.9 Å². The molecule has 35 heavy (non-hydrogen) atoms. The average molecular weight is 513 g/mol. The number of fused-ring (bicyclic) bond motifs is 1. The Morgan fingerprint density at radius 3 is 2.57 bits per heavy atom. The summed E-state index contributed by atoms with van der Waals surface area (Å²) in [6.07, 6.45) is 1.51. The van der Waals surface area contributed by atoms with Gasteiger partial charge < -0.3 is 13.5 Å². The van der Waals surface area contributed by atoms with Gasteiger partial charge in [-0.3, -0.25) is 10.1 Å². The molecule has 0 atom stereocenters. The van der Waals surface area contributed by atoms with Crippen LogP contribution in [0.25, 0.3) is 10.2 Å². The second-order valence-corrected chi connectivity index (χ2v) is 9.96. The van der Waals surface area contributed by atoms with Gasteiger partial charge in [0.15, 0.2) is 11.5 Å². The van der Waals surface area contributed by atoms with Crippen LogP contribution in [0, 0.1) is 17.0 Å². The van der Waals surface area contributed by atoms with Gasteiger partial charge in [0.05, 0.1) is 28.5 Å². The first-order chi connectivity index (χ1) is 16.7. The lowest BCUT2D eigenvalue weighted by Crippen LogP contribution is -2.11. The molecule has 0 amide bonds. The summed E-state index contributed by atoms with van der Waals surface area (Å²) in [6.45, 7) is 1.52. The van der Waals surface area contributed by atoms with Crippen LogP contribution in [0.3, 0.4) is 0 Å². The maximum atomic E-state index is 12.7. The predicted molar refractivity (Wildman–Crippen MR) is 133 cm³/mol. The highest BCUT2D eigenvalue weighted by molar-refractivity contribution is 7.87. The van der Waals surface area contributed by atoms with E-state index in [1.165, 1.54) is 49.8 Å². The molecule has 0 aliphatic carbocycles. The van der Waals surface area contributed by atoms with Gasteiger partial charge in [0.2, 0.25) is 4.80 Å². The van der Waals surface area contributed by atoms with E-state index in [0.717, 1.165) is 16.3 Å². The Kier molecular flexibility index (Phi) is 6.67. The van der Waals surface area contributed by atoms with Gasteiger partial charge in [0, 0.05) is 18.7 Å². The molecule has 0 saturated carbocycles. The minimum atomic E-state index is -4.34. The second kappa shape index (κ2) is 9.68. The van der Waals surface area contributed by atoms with Crippen LogP contribution in [0.2, 0.25) is 0 Å². The van der Waals surface area contributed by atoms with E-state index in [1.54, 1.807) is 12.1 Å². The predicted octanol–water partition coefficient (Wildman–Crippen LogP) is 4.17. The van der Waals surface area contributed by atoms with Crippen molar-refractivity contribution >= 4 is 43.6 Å². The molecule has 0 saturated heterocycles. The van der Waals surface area contributed by atoms with Crippen LogP contribution in [-0.4, -0.2) is 31.2 Å². The summed E-state index contributed by atoms with van der Waals surface area (Å²) in [7, 11) is -1.06. The summed E-state index contributed by atoms with van der Waals surface area (Å²) in [5.74, 6) is 0.0762. The molecule has 0 aliphatic rings. The number of aromatic nitrogens is 1. The molecule has 0 unspecified atom stereocenters. The lowest BCUT2D eigenvalue weighted by Gasteiger charge is -2.11. The number of nitrogens with zero attached hydrogens (tertiary/aromatic N) is 4. The van der Waals surface area contributed by atoms with Gasteiger partial charge >= 0.3 is 10.1 Å². The lowest BCUT2D eigenvalue weighted by atomic mass is 10.2. The van der Waals surface area contributed by atoms with Gasteiger partial charge in [0.25, 0.3) is 5.69 Å². The zero-order valence-corrected chi connectivity index (χ0v) is 20.5. The summed E-state index contributed by atoms with van der Waals surface area (Å²) in [4.78, 5) is 10.9. The van der Waals surface area contributed by atoms with Crippen LogP contribution in [-0.2, 0) is 17.2 Å². The van der Waals surface area contributed by atoms with Crippen molar-refractivity contribution in [3.05, 3.63) is 86.7 Å². The molecule has 1 aromatic heterocycles. The Bertz CT molecular complexity index is 1640. The number of aryl methyl sites for hydroxylation is 2. The highest BCUT2D eigenvalue weighted by atomic mass is 32.2. The van der Waals surface area contributed by atoms with Crippen molar-refractivity contribution in [2.24, 2.45) is 17.3 Å². The van der Waals surface area contributed by atoms with E-state index in [9.17, 15) is 18.5 Å². The van der Waals surface area contributed by atoms with E-state index >= 15 is 0 Å². The third-order valence-electron chi connectivity index (χ3n) is 5.12. The van der Waals surface area contributed by atoms with Gasteiger partial charge in [-0.15, -0.1) is 5.10 Å². The van der Waals surface area contributed by atoms with Crippen molar-refractivity contribution in [2.45, 2.75) is 11.8 Å². The molecule has 0 radical (unpaired) electrons. The highest BCUT2D eigenvalue weighted by Crippen LogP contribution is 2.31. The number of rotatable bonds is 7. The van der Waals surface area contributed by atoms with Crippen LogP contribution in [0.5, 0.6) is 11.5 Å². The quantitative estimate of drug-likeness (QED) is 0.158. The Morgan fingerprint density at radius 1 is 1.09 bits per heavy atom. The third-order valence-corrected chi connectivity index (χ3v) is 7.45. The van der Waals surface area contributed by atoms with Crippen LogP contribution in [0.1, 0.15) is 11.1 Å². The molecule has 0 N–H and O–H groups in total. The van der Waals surface area contributed by atoms with Gasteiger partial charge in [-0.05, 0) is 48.9 Å². The smallest absolute Gasteiger partial charge is 0.339 e. The summed E-state index contributed by atoms with van der Waals surface area (Å²) in [5.41, 5.74) is 1.67. The van der Waals surface area contributed by atoms with Crippen LogP contribution >= 0.6 is 11.3 Å². The molecular formula is C23H20N4O6S2. The van der Waals surface area contributed by atoms with Gasteiger partial charge in [-0.1, -0.05) is 29.5 Å². The molecular weight excluding hydrogens is 492 g/mol. The van der Waals surface area contributed by atoms with E-state index < -0.39 is 15.0 Å². The SMILES string of the molecule is COc1cc(/C=N/N=c2\sc3ccccc3n2C)ccc1OS(=O)(=O)c1ccc(C)c([N+](=O)[O-])c1. The van der Waals surface area contributed by atoms with Crippen molar-refractivity contribution in [1.29, 1.82) is 0 Å². The lowest BCUT2D eigenvalue weighted by molar-refractivity contribution is -0.385. The number of hydrogen-bond acceptors (Lipinski definition) is 9. The monoisotopic (exact) mass is 512 g/mol. The third kappa shape index (κ3) is 5.08. The average Bonchev–Trinajstić information content (AvgIpc) is 3.15. The molecule has 0 bridgehead atoms. The fourth-order valence-corrected chi connectivity index (χ4v) is 5.20. The standard InChI is InChI=1S/C23H20N4O6S2/c1-15-8-10-17(13-19(15)27(28)29)35(30,31)33-20-11-9-16(12-21(20)32-3)14-24-25-23-26(2)18-6-4-5-7-22(18)34-23/h4-14H,1-3H3/b24-14+,25-23-. The molecule has 0 fully saturated rings. The van der Waals surface area contributed by atoms with Gasteiger partial charge in [0.1, 0.15) is 4.90 Å². The second-order valence-electron chi connectivity index (χ2n) is 7.41. The Balaban J connectivity index is 1.59. The van der Waals surface area contributed by atoms with E-state index in [2.05, 4.69) is 10.2 Å². The van der Waals surface area contributed by atoms with E-state index in [4.69, 9.17) is 8.92 Å². The number of ether oxygens (including phenoxy) is 1. The Morgan fingerprint density at radius 2 is 1.86 bits per heavy atom. The number of nitro groups is 1. The summed E-state index contributed by atoms with van der Waals surface area (Å²) < 4.78 is 39.0. The van der Waals surface area contributed by atoms with E-state index in [1.807, 2.05) is 35.9 Å². The zero-order valence-electron chi connectivity index (χ0n) is 18.9. The number of hydrogen-bond donors (Lipinski definition) is 0. The number of nitro benzene ring substituents is 1. The maximum Gasteiger partial charge on any atom is 0.339 e. The fraction of sp³-hybridized carbons (Fsp3) is 0.130. The van der Waals surface area contributed by atoms with Crippen molar-refractivity contribution in [3.63, 3.8) is 0 Å². The number of thiazole rings is 1. The van der Waals surface area contributed by atoms with Crippen molar-refractivity contribution < 1.29 is 22.3 Å². The molecule has 0 aliphatic heterocycles. The van der Waals surface area contributed by atoms with Gasteiger partial charge in [-0.25, -0.2) is 0 Å². The fourth-order valence-electron chi connectivity index (χ4n) is 3.26. The molecule has 4 rings (SSSR count). The summed E-state index contributed by atoms with van der Waals surface area (Å²) in [6, 6.07) is 16.1. The summed E-state index contributed by atoms with van der Waals surface area (Å²) in [5, 5.41) is 19.6. The zero-order chi connectivity index (χ0) is 25.2. The number of para-hydroxylation sites is 1. The molecule has 1 heterocycles. The molecule has 12 heteroatoms. The topological polar surface area (TPSA) is 125 Å². The molecule has 10 nitrogen and oxygen atoms in total. The first-order valence-electron chi connectivity index (χ1n) is 10.2. The first-order valence-corrected chi connectivity index (χ1v) is 12.4. The highest BCUT2D eigenvalue weighted by Gasteiger charge is 2.23. The molecule has 4 aromatic rings. The Hall–Kier alpha value is -4.03. The van der Waals surface area contributed by atoms with Gasteiger partial charge in [-0.2, -0.15) is 13.5 Å².